The number of carbonyl (C=O) groups excluding carboxylic acids is 1. The summed E-state index contributed by atoms with van der Waals surface area (Å²) >= 11 is 0. The summed E-state index contributed by atoms with van der Waals surface area (Å²) in [5.74, 6) is -1.28. The molecular weight excluding hydrogens is 325 g/mol. The normalized spacial score (nSPS) is 11.0. The number of ether oxygens (including phenoxy) is 1. The third-order valence-corrected chi connectivity index (χ3v) is 3.61. The van der Waals surface area contributed by atoms with Gasteiger partial charge in [0.05, 0.1) is 5.56 Å². The van der Waals surface area contributed by atoms with Gasteiger partial charge in [0.25, 0.3) is 5.91 Å². The highest BCUT2D eigenvalue weighted by molar-refractivity contribution is 5.87. The lowest BCUT2D eigenvalue weighted by molar-refractivity contribution is -0.134. The Bertz CT molecular complexity index is 756. The molecule has 0 aromatic heterocycles. The van der Waals surface area contributed by atoms with Crippen molar-refractivity contribution in [1.82, 2.24) is 5.32 Å². The van der Waals surface area contributed by atoms with Crippen LogP contribution in [0, 0.1) is 5.82 Å². The maximum absolute atomic E-state index is 12.9. The number of amides is 1. The smallest absolute Gasteiger partial charge is 0.335 e. The molecule has 0 fully saturated rings. The summed E-state index contributed by atoms with van der Waals surface area (Å²) in [5, 5.41) is 11.7. The summed E-state index contributed by atoms with van der Waals surface area (Å²) in [6, 6.07) is 12.0. The Hall–Kier alpha value is -2.89. The van der Waals surface area contributed by atoms with E-state index < -0.39 is 11.6 Å². The van der Waals surface area contributed by atoms with E-state index in [-0.39, 0.29) is 17.3 Å². The maximum atomic E-state index is 12.9. The first kappa shape index (κ1) is 18.4. The highest BCUT2D eigenvalue weighted by Crippen LogP contribution is 2.19. The molecule has 2 aromatic carbocycles. The molecule has 0 atom stereocenters. The van der Waals surface area contributed by atoms with Crippen molar-refractivity contribution < 1.29 is 23.8 Å². The number of aromatic carboxylic acids is 1. The fraction of sp³-hybridized carbons (Fsp3) is 0.263. The second-order valence-corrected chi connectivity index (χ2v) is 6.08. The van der Waals surface area contributed by atoms with Crippen molar-refractivity contribution >= 4 is 11.9 Å². The third-order valence-electron chi connectivity index (χ3n) is 3.61. The fourth-order valence-electron chi connectivity index (χ4n) is 2.24. The van der Waals surface area contributed by atoms with Gasteiger partial charge in [0.2, 0.25) is 0 Å². The zero-order chi connectivity index (χ0) is 18.4. The largest absolute Gasteiger partial charge is 0.478 e. The molecule has 0 aliphatic carbocycles. The Labute approximate surface area is 145 Å². The minimum Gasteiger partial charge on any atom is -0.478 e. The summed E-state index contributed by atoms with van der Waals surface area (Å²) in [7, 11) is 0. The number of carbonyl (C=O) groups is 2. The molecule has 0 saturated heterocycles. The maximum Gasteiger partial charge on any atom is 0.335 e. The minimum absolute atomic E-state index is 0.212. The summed E-state index contributed by atoms with van der Waals surface area (Å²) in [5.41, 5.74) is -0.0953. The molecule has 0 heterocycles. The lowest BCUT2D eigenvalue weighted by Crippen LogP contribution is -2.47. The molecule has 0 bridgehead atoms. The predicted molar refractivity (Wildman–Crippen MR) is 91.2 cm³/mol. The van der Waals surface area contributed by atoms with Gasteiger partial charge in [0.15, 0.2) is 5.60 Å². The van der Waals surface area contributed by atoms with Crippen LogP contribution in [0.1, 0.15) is 29.8 Å². The van der Waals surface area contributed by atoms with E-state index in [1.165, 1.54) is 30.3 Å². The van der Waals surface area contributed by atoms with E-state index in [1.54, 1.807) is 32.0 Å². The monoisotopic (exact) mass is 345 g/mol. The lowest BCUT2D eigenvalue weighted by Gasteiger charge is -2.25. The van der Waals surface area contributed by atoms with Gasteiger partial charge in [-0.1, -0.05) is 12.1 Å². The van der Waals surface area contributed by atoms with Crippen molar-refractivity contribution in [3.63, 3.8) is 0 Å². The molecule has 0 aliphatic heterocycles. The average molecular weight is 345 g/mol. The van der Waals surface area contributed by atoms with Gasteiger partial charge in [-0.05, 0) is 62.2 Å². The van der Waals surface area contributed by atoms with Crippen molar-refractivity contribution in [3.05, 3.63) is 65.5 Å². The number of nitrogens with one attached hydrogen (secondary N) is 1. The second-order valence-electron chi connectivity index (χ2n) is 6.08. The number of rotatable bonds is 7. The zero-order valence-corrected chi connectivity index (χ0v) is 14.1. The average Bonchev–Trinajstić information content (AvgIpc) is 2.57. The van der Waals surface area contributed by atoms with E-state index in [2.05, 4.69) is 5.32 Å². The van der Waals surface area contributed by atoms with Gasteiger partial charge >= 0.3 is 5.97 Å². The Morgan fingerprint density at radius 3 is 2.48 bits per heavy atom. The third kappa shape index (κ3) is 5.31. The number of carboxylic acids is 1. The van der Waals surface area contributed by atoms with E-state index in [4.69, 9.17) is 9.84 Å². The van der Waals surface area contributed by atoms with E-state index in [0.29, 0.717) is 18.7 Å². The van der Waals surface area contributed by atoms with E-state index in [9.17, 15) is 14.0 Å². The van der Waals surface area contributed by atoms with Crippen LogP contribution in [0.2, 0.25) is 0 Å². The van der Waals surface area contributed by atoms with Crippen LogP contribution in [-0.4, -0.2) is 29.1 Å². The van der Waals surface area contributed by atoms with Gasteiger partial charge in [-0.15, -0.1) is 0 Å². The molecule has 0 saturated carbocycles. The van der Waals surface area contributed by atoms with Gasteiger partial charge in [0.1, 0.15) is 11.6 Å². The summed E-state index contributed by atoms with van der Waals surface area (Å²) in [6.07, 6.45) is 0.499. The fourth-order valence-corrected chi connectivity index (χ4v) is 2.24. The Morgan fingerprint density at radius 1 is 1.16 bits per heavy atom. The molecule has 0 spiro atoms. The van der Waals surface area contributed by atoms with E-state index >= 15 is 0 Å². The lowest BCUT2D eigenvalue weighted by atomic mass is 10.1. The molecule has 132 valence electrons. The SMILES string of the molecule is CC(C)(Oc1ccc(F)cc1)C(=O)NCCc1cccc(C(=O)O)c1. The van der Waals surface area contributed by atoms with Crippen molar-refractivity contribution in [3.8, 4) is 5.75 Å². The standard InChI is InChI=1S/C19H20FNO4/c1-19(2,25-16-8-6-15(20)7-9-16)18(24)21-11-10-13-4-3-5-14(12-13)17(22)23/h3-9,12H,10-11H2,1-2H3,(H,21,24)(H,22,23). The first-order valence-corrected chi connectivity index (χ1v) is 7.83. The summed E-state index contributed by atoms with van der Waals surface area (Å²) in [6.45, 7) is 3.59. The Morgan fingerprint density at radius 2 is 1.84 bits per heavy atom. The number of hydrogen-bond donors (Lipinski definition) is 2. The Balaban J connectivity index is 1.89. The quantitative estimate of drug-likeness (QED) is 0.809. The highest BCUT2D eigenvalue weighted by atomic mass is 19.1. The molecule has 2 N–H and O–H groups in total. The van der Waals surface area contributed by atoms with Crippen LogP contribution in [-0.2, 0) is 11.2 Å². The van der Waals surface area contributed by atoms with Crippen LogP contribution in [0.25, 0.3) is 0 Å². The van der Waals surface area contributed by atoms with Crippen LogP contribution in [0.15, 0.2) is 48.5 Å². The van der Waals surface area contributed by atoms with Gasteiger partial charge < -0.3 is 15.2 Å². The first-order valence-electron chi connectivity index (χ1n) is 7.83. The number of hydrogen-bond acceptors (Lipinski definition) is 3. The van der Waals surface area contributed by atoms with Gasteiger partial charge in [-0.25, -0.2) is 9.18 Å². The first-order chi connectivity index (χ1) is 11.8. The second kappa shape index (κ2) is 7.79. The van der Waals surface area contributed by atoms with Crippen LogP contribution in [0.4, 0.5) is 4.39 Å². The van der Waals surface area contributed by atoms with Gasteiger partial charge in [-0.3, -0.25) is 4.79 Å². The van der Waals surface area contributed by atoms with Gasteiger partial charge in [0, 0.05) is 6.54 Å². The molecule has 6 heteroatoms. The molecule has 2 rings (SSSR count). The number of halogens is 1. The Kier molecular flexibility index (Phi) is 5.75. The molecule has 0 aliphatic rings. The summed E-state index contributed by atoms with van der Waals surface area (Å²) in [4.78, 5) is 23.2. The van der Waals surface area contributed by atoms with Crippen LogP contribution in [0.3, 0.4) is 0 Å². The molecule has 1 amide bonds. The predicted octanol–water partition coefficient (Wildman–Crippen LogP) is 3.04. The van der Waals surface area contributed by atoms with Crippen LogP contribution < -0.4 is 10.1 Å². The zero-order valence-electron chi connectivity index (χ0n) is 14.1. The number of carboxylic acid groups (broad SMARTS) is 1. The van der Waals surface area contributed by atoms with Crippen LogP contribution in [0.5, 0.6) is 5.75 Å². The molecular formula is C19H20FNO4. The topological polar surface area (TPSA) is 75.6 Å². The highest BCUT2D eigenvalue weighted by Gasteiger charge is 2.29. The minimum atomic E-state index is -1.12. The van der Waals surface area contributed by atoms with Crippen molar-refractivity contribution in [1.29, 1.82) is 0 Å². The number of benzene rings is 2. The van der Waals surface area contributed by atoms with Crippen molar-refractivity contribution in [2.75, 3.05) is 6.54 Å². The van der Waals surface area contributed by atoms with Crippen molar-refractivity contribution in [2.45, 2.75) is 25.9 Å². The van der Waals surface area contributed by atoms with Crippen LogP contribution >= 0.6 is 0 Å². The van der Waals surface area contributed by atoms with Crippen molar-refractivity contribution in [2.24, 2.45) is 0 Å². The molecule has 0 radical (unpaired) electrons. The summed E-state index contributed by atoms with van der Waals surface area (Å²) < 4.78 is 18.5. The molecule has 2 aromatic rings. The van der Waals surface area contributed by atoms with E-state index in [1.807, 2.05) is 0 Å². The molecule has 5 nitrogen and oxygen atoms in total. The molecule has 25 heavy (non-hydrogen) atoms. The van der Waals surface area contributed by atoms with Gasteiger partial charge in [-0.2, -0.15) is 0 Å². The molecule has 0 unspecified atom stereocenters. The van der Waals surface area contributed by atoms with E-state index in [0.717, 1.165) is 5.56 Å².